The smallest absolute Gasteiger partial charge is 0.256 e. The second-order valence-corrected chi connectivity index (χ2v) is 8.16. The van der Waals surface area contributed by atoms with E-state index < -0.39 is 5.83 Å². The molecule has 0 spiro atoms. The number of hydrogen-bond acceptors (Lipinski definition) is 6. The highest BCUT2D eigenvalue weighted by molar-refractivity contribution is 7.99. The molecule has 4 rings (SSSR count). The predicted molar refractivity (Wildman–Crippen MR) is 111 cm³/mol. The van der Waals surface area contributed by atoms with Crippen molar-refractivity contribution in [1.82, 2.24) is 4.98 Å². The third kappa shape index (κ3) is 3.97. The molecule has 0 aliphatic carbocycles. The van der Waals surface area contributed by atoms with Gasteiger partial charge in [0.05, 0.1) is 17.5 Å². The number of carbonyl (C=O) groups excluding carboxylic acids is 1. The Kier molecular flexibility index (Phi) is 5.23. The third-order valence-electron chi connectivity index (χ3n) is 4.02. The van der Waals surface area contributed by atoms with Gasteiger partial charge in [-0.05, 0) is 29.8 Å². The number of aliphatic imine (C=N–C) groups is 1. The highest BCUT2D eigenvalue weighted by Gasteiger charge is 2.19. The van der Waals surface area contributed by atoms with E-state index >= 15 is 0 Å². The summed E-state index contributed by atoms with van der Waals surface area (Å²) in [6.45, 7) is 0. The normalized spacial score (nSPS) is 13.8. The standard InChI is InChI=1S/C20H15FN4OS2/c21-13(9-22)10-23-20-24-11-14(27-20)7-12-5-6-18-16(8-12)25-19(26)15-3-1-2-4-17(15)28-18/h1-6,8-11H,7,22H2,(H,25,26). The van der Waals surface area contributed by atoms with Crippen molar-refractivity contribution < 1.29 is 9.18 Å². The molecule has 3 aromatic rings. The first-order chi connectivity index (χ1) is 13.6. The molecule has 8 heteroatoms. The summed E-state index contributed by atoms with van der Waals surface area (Å²) in [6, 6.07) is 13.6. The zero-order valence-corrected chi connectivity index (χ0v) is 16.2. The summed E-state index contributed by atoms with van der Waals surface area (Å²) in [5.41, 5.74) is 7.58. The average molecular weight is 410 g/mol. The van der Waals surface area contributed by atoms with Crippen LogP contribution in [0, 0.1) is 0 Å². The SMILES string of the molecule is NC=C(F)C=Nc1ncc(Cc2ccc3c(c2)NC(=O)c2ccccc2S3)s1. The predicted octanol–water partition coefficient (Wildman–Crippen LogP) is 4.92. The first kappa shape index (κ1) is 18.4. The van der Waals surface area contributed by atoms with Crippen molar-refractivity contribution in [1.29, 1.82) is 0 Å². The highest BCUT2D eigenvalue weighted by atomic mass is 32.2. The second-order valence-electron chi connectivity index (χ2n) is 5.98. The van der Waals surface area contributed by atoms with Gasteiger partial charge in [0.15, 0.2) is 5.83 Å². The quantitative estimate of drug-likeness (QED) is 0.598. The van der Waals surface area contributed by atoms with Gasteiger partial charge in [-0.1, -0.05) is 41.3 Å². The molecule has 140 valence electrons. The number of nitrogens with one attached hydrogen (secondary N) is 1. The summed E-state index contributed by atoms with van der Waals surface area (Å²) in [7, 11) is 0. The lowest BCUT2D eigenvalue weighted by atomic mass is 10.1. The lowest BCUT2D eigenvalue weighted by Gasteiger charge is -2.08. The molecular formula is C20H15FN4OS2. The maximum atomic E-state index is 13.0. The minimum absolute atomic E-state index is 0.108. The van der Waals surface area contributed by atoms with Gasteiger partial charge in [0.2, 0.25) is 5.13 Å². The van der Waals surface area contributed by atoms with Crippen LogP contribution in [0.4, 0.5) is 15.2 Å². The molecule has 0 radical (unpaired) electrons. The first-order valence-corrected chi connectivity index (χ1v) is 10.0. The molecule has 0 bridgehead atoms. The van der Waals surface area contributed by atoms with Crippen molar-refractivity contribution in [2.24, 2.45) is 10.7 Å². The zero-order chi connectivity index (χ0) is 19.5. The van der Waals surface area contributed by atoms with Crippen LogP contribution in [0.15, 0.2) is 75.5 Å². The van der Waals surface area contributed by atoms with Crippen molar-refractivity contribution in [3.8, 4) is 0 Å². The number of carbonyl (C=O) groups is 1. The van der Waals surface area contributed by atoms with E-state index in [-0.39, 0.29) is 5.91 Å². The monoisotopic (exact) mass is 410 g/mol. The number of nitrogens with zero attached hydrogens (tertiary/aromatic N) is 2. The van der Waals surface area contributed by atoms with Gasteiger partial charge in [-0.2, -0.15) is 0 Å². The molecule has 0 saturated heterocycles. The lowest BCUT2D eigenvalue weighted by Crippen LogP contribution is -2.11. The van der Waals surface area contributed by atoms with Crippen LogP contribution in [0.25, 0.3) is 0 Å². The Morgan fingerprint density at radius 1 is 1.25 bits per heavy atom. The molecule has 1 aromatic heterocycles. The van der Waals surface area contributed by atoms with Gasteiger partial charge in [-0.25, -0.2) is 14.4 Å². The Morgan fingerprint density at radius 3 is 2.96 bits per heavy atom. The minimum atomic E-state index is -0.614. The number of benzene rings is 2. The Labute approximate surface area is 169 Å². The van der Waals surface area contributed by atoms with E-state index in [1.165, 1.54) is 11.3 Å². The fourth-order valence-electron chi connectivity index (χ4n) is 2.72. The number of aromatic nitrogens is 1. The van der Waals surface area contributed by atoms with Crippen LogP contribution >= 0.6 is 23.1 Å². The third-order valence-corrected chi connectivity index (χ3v) is 6.08. The molecule has 0 atom stereocenters. The molecule has 0 unspecified atom stereocenters. The van der Waals surface area contributed by atoms with Crippen LogP contribution in [-0.2, 0) is 6.42 Å². The van der Waals surface area contributed by atoms with Crippen molar-refractivity contribution in [2.45, 2.75) is 16.2 Å². The lowest BCUT2D eigenvalue weighted by molar-refractivity contribution is 0.102. The van der Waals surface area contributed by atoms with Crippen LogP contribution in [0.1, 0.15) is 20.8 Å². The number of rotatable bonds is 4. The number of anilines is 1. The summed E-state index contributed by atoms with van der Waals surface area (Å²) in [5.74, 6) is -0.722. The van der Waals surface area contributed by atoms with Crippen LogP contribution in [0.2, 0.25) is 0 Å². The van der Waals surface area contributed by atoms with E-state index in [2.05, 4.69) is 15.3 Å². The Hall–Kier alpha value is -2.97. The molecule has 28 heavy (non-hydrogen) atoms. The Balaban J connectivity index is 1.54. The highest BCUT2D eigenvalue weighted by Crippen LogP contribution is 2.39. The summed E-state index contributed by atoms with van der Waals surface area (Å²) < 4.78 is 13.0. The summed E-state index contributed by atoms with van der Waals surface area (Å²) in [4.78, 5) is 23.6. The van der Waals surface area contributed by atoms with Gasteiger partial charge in [0.25, 0.3) is 5.91 Å². The molecule has 0 fully saturated rings. The molecule has 1 amide bonds. The number of allylic oxidation sites excluding steroid dienone is 1. The van der Waals surface area contributed by atoms with Crippen LogP contribution in [0.5, 0.6) is 0 Å². The largest absolute Gasteiger partial charge is 0.402 e. The van der Waals surface area contributed by atoms with E-state index in [9.17, 15) is 9.18 Å². The molecule has 1 aliphatic rings. The molecule has 3 N–H and O–H groups in total. The fraction of sp³-hybridized carbons (Fsp3) is 0.0500. The van der Waals surface area contributed by atoms with Gasteiger partial charge in [0.1, 0.15) is 0 Å². The Morgan fingerprint density at radius 2 is 2.11 bits per heavy atom. The van der Waals surface area contributed by atoms with Crippen molar-refractivity contribution in [2.75, 3.05) is 5.32 Å². The van der Waals surface area contributed by atoms with Crippen LogP contribution < -0.4 is 11.1 Å². The van der Waals surface area contributed by atoms with Crippen molar-refractivity contribution in [3.05, 3.63) is 76.7 Å². The number of halogens is 1. The Bertz CT molecular complexity index is 1110. The second kappa shape index (κ2) is 7.95. The van der Waals surface area contributed by atoms with E-state index in [4.69, 9.17) is 5.73 Å². The van der Waals surface area contributed by atoms with Crippen molar-refractivity contribution >= 4 is 46.0 Å². The number of fused-ring (bicyclic) bond motifs is 2. The molecule has 5 nitrogen and oxygen atoms in total. The van der Waals surface area contributed by atoms with E-state index in [0.717, 1.165) is 38.3 Å². The number of amides is 1. The molecule has 2 heterocycles. The fourth-order valence-corrected chi connectivity index (χ4v) is 4.52. The maximum absolute atomic E-state index is 13.0. The summed E-state index contributed by atoms with van der Waals surface area (Å²) in [5, 5.41) is 3.45. The number of nitrogens with two attached hydrogens (primary N) is 1. The topological polar surface area (TPSA) is 80.4 Å². The molecular weight excluding hydrogens is 395 g/mol. The van der Waals surface area contributed by atoms with E-state index in [0.29, 0.717) is 17.1 Å². The van der Waals surface area contributed by atoms with E-state index in [1.54, 1.807) is 18.0 Å². The van der Waals surface area contributed by atoms with E-state index in [1.807, 2.05) is 42.5 Å². The van der Waals surface area contributed by atoms with Crippen molar-refractivity contribution in [3.63, 3.8) is 0 Å². The molecule has 0 saturated carbocycles. The van der Waals surface area contributed by atoms with Gasteiger partial charge in [-0.3, -0.25) is 4.79 Å². The molecule has 1 aliphatic heterocycles. The van der Waals surface area contributed by atoms with Crippen LogP contribution in [0.3, 0.4) is 0 Å². The van der Waals surface area contributed by atoms with Crippen LogP contribution in [-0.4, -0.2) is 17.1 Å². The minimum Gasteiger partial charge on any atom is -0.402 e. The first-order valence-electron chi connectivity index (χ1n) is 8.40. The van der Waals surface area contributed by atoms with Gasteiger partial charge in [0, 0.05) is 33.5 Å². The van der Waals surface area contributed by atoms with Gasteiger partial charge >= 0.3 is 0 Å². The maximum Gasteiger partial charge on any atom is 0.256 e. The average Bonchev–Trinajstić information content (AvgIpc) is 3.09. The summed E-state index contributed by atoms with van der Waals surface area (Å²) in [6.07, 6.45) is 4.24. The molecule has 2 aromatic carbocycles. The number of hydrogen-bond donors (Lipinski definition) is 2. The zero-order valence-electron chi connectivity index (χ0n) is 14.6. The summed E-state index contributed by atoms with van der Waals surface area (Å²) >= 11 is 2.95. The van der Waals surface area contributed by atoms with Gasteiger partial charge in [-0.15, -0.1) is 0 Å². The number of thiazole rings is 1. The van der Waals surface area contributed by atoms with Gasteiger partial charge < -0.3 is 11.1 Å².